The van der Waals surface area contributed by atoms with Gasteiger partial charge in [-0.05, 0) is 12.1 Å². The zero-order valence-electron chi connectivity index (χ0n) is 8.01. The summed E-state index contributed by atoms with van der Waals surface area (Å²) in [5, 5.41) is 0. The first-order valence-electron chi connectivity index (χ1n) is 4.21. The third kappa shape index (κ3) is 2.82. The third-order valence-corrected chi connectivity index (χ3v) is 2.01. The number of halogens is 2. The van der Waals surface area contributed by atoms with Gasteiger partial charge in [-0.25, -0.2) is 4.98 Å². The Morgan fingerprint density at radius 1 is 1.27 bits per heavy atom. The molecule has 0 aliphatic heterocycles. The molecule has 1 unspecified atom stereocenters. The van der Waals surface area contributed by atoms with E-state index in [2.05, 4.69) is 9.97 Å². The van der Waals surface area contributed by atoms with Crippen molar-refractivity contribution in [3.8, 4) is 0 Å². The molecule has 5 N–H and O–H groups in total. The van der Waals surface area contributed by atoms with E-state index in [1.54, 1.807) is 0 Å². The van der Waals surface area contributed by atoms with Gasteiger partial charge in [0.15, 0.2) is 0 Å². The number of aromatic nitrogens is 2. The number of imidazole rings is 1. The van der Waals surface area contributed by atoms with Crippen molar-refractivity contribution in [3.63, 3.8) is 0 Å². The Labute approximate surface area is 100 Å². The first-order chi connectivity index (χ1) is 6.31. The van der Waals surface area contributed by atoms with Crippen molar-refractivity contribution in [2.75, 3.05) is 6.54 Å². The van der Waals surface area contributed by atoms with Crippen molar-refractivity contribution >= 4 is 35.8 Å². The van der Waals surface area contributed by atoms with Crippen LogP contribution in [0.4, 0.5) is 0 Å². The fraction of sp³-hybridized carbons (Fsp3) is 0.222. The lowest BCUT2D eigenvalue weighted by molar-refractivity contribution is 0.695. The van der Waals surface area contributed by atoms with E-state index in [-0.39, 0.29) is 30.9 Å². The van der Waals surface area contributed by atoms with Crippen LogP contribution in [0.2, 0.25) is 0 Å². The number of benzene rings is 1. The topological polar surface area (TPSA) is 80.7 Å². The molecule has 0 spiro atoms. The van der Waals surface area contributed by atoms with Crippen LogP contribution in [-0.2, 0) is 0 Å². The van der Waals surface area contributed by atoms with Crippen LogP contribution in [0.3, 0.4) is 0 Å². The van der Waals surface area contributed by atoms with Gasteiger partial charge in [-0.2, -0.15) is 0 Å². The van der Waals surface area contributed by atoms with E-state index in [4.69, 9.17) is 11.5 Å². The molecule has 0 amide bonds. The minimum atomic E-state index is -0.201. The van der Waals surface area contributed by atoms with Gasteiger partial charge in [0.05, 0.1) is 17.1 Å². The molecule has 84 valence electrons. The van der Waals surface area contributed by atoms with Crippen molar-refractivity contribution in [3.05, 3.63) is 30.1 Å². The predicted octanol–water partition coefficient (Wildman–Crippen LogP) is 1.36. The minimum Gasteiger partial charge on any atom is -0.341 e. The van der Waals surface area contributed by atoms with E-state index in [0.717, 1.165) is 16.9 Å². The molecule has 1 heterocycles. The number of nitrogens with two attached hydrogens (primary N) is 2. The van der Waals surface area contributed by atoms with Crippen molar-refractivity contribution in [1.29, 1.82) is 0 Å². The number of nitrogens with one attached hydrogen (secondary N) is 1. The molecular formula is C9H14Cl2N4. The summed E-state index contributed by atoms with van der Waals surface area (Å²) in [6.07, 6.45) is 0. The Balaban J connectivity index is 0.000000980. The van der Waals surface area contributed by atoms with Gasteiger partial charge in [0, 0.05) is 6.54 Å². The van der Waals surface area contributed by atoms with E-state index in [9.17, 15) is 0 Å². The van der Waals surface area contributed by atoms with Gasteiger partial charge in [-0.1, -0.05) is 12.1 Å². The second-order valence-electron chi connectivity index (χ2n) is 2.98. The predicted molar refractivity (Wildman–Crippen MR) is 66.6 cm³/mol. The van der Waals surface area contributed by atoms with E-state index >= 15 is 0 Å². The van der Waals surface area contributed by atoms with Crippen LogP contribution in [0.15, 0.2) is 24.3 Å². The Morgan fingerprint density at radius 3 is 2.53 bits per heavy atom. The first-order valence-corrected chi connectivity index (χ1v) is 4.21. The number of rotatable bonds is 2. The molecule has 2 rings (SSSR count). The highest BCUT2D eigenvalue weighted by Crippen LogP contribution is 2.13. The number of hydrogen-bond acceptors (Lipinski definition) is 3. The van der Waals surface area contributed by atoms with Crippen LogP contribution in [0.25, 0.3) is 11.0 Å². The van der Waals surface area contributed by atoms with E-state index < -0.39 is 0 Å². The van der Waals surface area contributed by atoms with E-state index in [1.807, 2.05) is 24.3 Å². The lowest BCUT2D eigenvalue weighted by atomic mass is 10.3. The number of aromatic amines is 1. The minimum absolute atomic E-state index is 0. The van der Waals surface area contributed by atoms with Gasteiger partial charge in [0.1, 0.15) is 5.82 Å². The molecule has 0 aliphatic rings. The second-order valence-corrected chi connectivity index (χ2v) is 2.98. The molecule has 1 aromatic heterocycles. The molecule has 15 heavy (non-hydrogen) atoms. The summed E-state index contributed by atoms with van der Waals surface area (Å²) < 4.78 is 0. The molecule has 1 atom stereocenters. The summed E-state index contributed by atoms with van der Waals surface area (Å²) in [4.78, 5) is 7.45. The Bertz CT molecular complexity index is 382. The molecule has 0 fully saturated rings. The van der Waals surface area contributed by atoms with Gasteiger partial charge >= 0.3 is 0 Å². The third-order valence-electron chi connectivity index (χ3n) is 2.01. The fourth-order valence-electron chi connectivity index (χ4n) is 1.26. The number of nitrogens with zero attached hydrogens (tertiary/aromatic N) is 1. The highest BCUT2D eigenvalue weighted by Gasteiger charge is 2.08. The fourth-order valence-corrected chi connectivity index (χ4v) is 1.26. The summed E-state index contributed by atoms with van der Waals surface area (Å²) in [6.45, 7) is 0.403. The molecule has 0 bridgehead atoms. The number of H-pyrrole nitrogens is 1. The van der Waals surface area contributed by atoms with Gasteiger partial charge in [-0.3, -0.25) is 0 Å². The van der Waals surface area contributed by atoms with Gasteiger partial charge in [0.2, 0.25) is 0 Å². The van der Waals surface area contributed by atoms with Crippen molar-refractivity contribution < 1.29 is 0 Å². The van der Waals surface area contributed by atoms with Crippen molar-refractivity contribution in [2.24, 2.45) is 11.5 Å². The molecule has 1 aromatic carbocycles. The SMILES string of the molecule is Cl.Cl.NCC(N)c1nc2ccccc2[nH]1. The number of para-hydroxylation sites is 2. The lowest BCUT2D eigenvalue weighted by Gasteiger charge is -2.02. The Hall–Kier alpha value is -0.810. The first kappa shape index (κ1) is 14.2. The summed E-state index contributed by atoms with van der Waals surface area (Å²) in [5.74, 6) is 0.753. The number of hydrogen-bond donors (Lipinski definition) is 3. The van der Waals surface area contributed by atoms with Crippen LogP contribution < -0.4 is 11.5 Å². The van der Waals surface area contributed by atoms with E-state index in [1.165, 1.54) is 0 Å². The maximum atomic E-state index is 5.74. The largest absolute Gasteiger partial charge is 0.341 e. The molecule has 0 saturated carbocycles. The molecule has 0 radical (unpaired) electrons. The average Bonchev–Trinajstić information content (AvgIpc) is 2.59. The van der Waals surface area contributed by atoms with Crippen LogP contribution in [0.5, 0.6) is 0 Å². The highest BCUT2D eigenvalue weighted by molar-refractivity contribution is 5.85. The molecule has 0 saturated heterocycles. The summed E-state index contributed by atoms with van der Waals surface area (Å²) in [7, 11) is 0. The lowest BCUT2D eigenvalue weighted by Crippen LogP contribution is -2.21. The smallest absolute Gasteiger partial charge is 0.125 e. The van der Waals surface area contributed by atoms with Gasteiger partial charge in [0.25, 0.3) is 0 Å². The van der Waals surface area contributed by atoms with Gasteiger partial charge in [-0.15, -0.1) is 24.8 Å². The summed E-state index contributed by atoms with van der Waals surface area (Å²) in [5.41, 5.74) is 13.1. The van der Waals surface area contributed by atoms with Crippen LogP contribution in [0.1, 0.15) is 11.9 Å². The normalized spacial score (nSPS) is 11.6. The van der Waals surface area contributed by atoms with Crippen molar-refractivity contribution in [1.82, 2.24) is 9.97 Å². The van der Waals surface area contributed by atoms with E-state index in [0.29, 0.717) is 6.54 Å². The standard InChI is InChI=1S/C9H12N4.2ClH/c10-5-6(11)9-12-7-3-1-2-4-8(7)13-9;;/h1-4,6H,5,10-11H2,(H,12,13);2*1H. The van der Waals surface area contributed by atoms with Crippen molar-refractivity contribution in [2.45, 2.75) is 6.04 Å². The van der Waals surface area contributed by atoms with Crippen LogP contribution >= 0.6 is 24.8 Å². The quantitative estimate of drug-likeness (QED) is 0.751. The average molecular weight is 249 g/mol. The molecule has 0 aliphatic carbocycles. The van der Waals surface area contributed by atoms with Gasteiger partial charge < -0.3 is 16.5 Å². The van der Waals surface area contributed by atoms with Crippen LogP contribution in [0, 0.1) is 0 Å². The highest BCUT2D eigenvalue weighted by atomic mass is 35.5. The summed E-state index contributed by atoms with van der Waals surface area (Å²) in [6, 6.07) is 7.61. The molecule has 4 nitrogen and oxygen atoms in total. The zero-order chi connectivity index (χ0) is 9.26. The molecular weight excluding hydrogens is 235 g/mol. The Morgan fingerprint density at radius 2 is 1.93 bits per heavy atom. The van der Waals surface area contributed by atoms with Crippen LogP contribution in [-0.4, -0.2) is 16.5 Å². The Kier molecular flexibility index (Phi) is 5.60. The number of fused-ring (bicyclic) bond motifs is 1. The second kappa shape index (κ2) is 5.92. The monoisotopic (exact) mass is 248 g/mol. The maximum Gasteiger partial charge on any atom is 0.125 e. The molecule has 2 aromatic rings. The maximum absolute atomic E-state index is 5.74. The summed E-state index contributed by atoms with van der Waals surface area (Å²) >= 11 is 0. The molecule has 6 heteroatoms. The zero-order valence-corrected chi connectivity index (χ0v) is 9.65.